The van der Waals surface area contributed by atoms with Gasteiger partial charge in [0.05, 0.1) is 17.9 Å². The van der Waals surface area contributed by atoms with E-state index in [9.17, 15) is 4.79 Å². The molecule has 1 aliphatic rings. The Bertz CT molecular complexity index is 473. The van der Waals surface area contributed by atoms with E-state index in [2.05, 4.69) is 4.98 Å². The van der Waals surface area contributed by atoms with Crippen LogP contribution in [0.5, 0.6) is 0 Å². The normalized spacial score (nSPS) is 18.7. The van der Waals surface area contributed by atoms with Crippen LogP contribution < -0.4 is 16.4 Å². The molecule has 0 aromatic carbocycles. The maximum atomic E-state index is 11.2. The van der Waals surface area contributed by atoms with E-state index in [0.29, 0.717) is 31.2 Å². The molecule has 4 N–H and O–H groups in total. The summed E-state index contributed by atoms with van der Waals surface area (Å²) in [6.07, 6.45) is 0. The number of primary amides is 1. The largest absolute Gasteiger partial charge is 0.396 e. The topological polar surface area (TPSA) is 94.5 Å². The number of morpholine rings is 1. The second-order valence-electron chi connectivity index (χ2n) is 5.00. The second kappa shape index (κ2) is 4.45. The quantitative estimate of drug-likeness (QED) is 0.791. The zero-order valence-electron chi connectivity index (χ0n) is 10.6. The monoisotopic (exact) mass is 250 g/mol. The summed E-state index contributed by atoms with van der Waals surface area (Å²) in [5.74, 6) is 0.0476. The number of nitrogen functional groups attached to an aromatic ring is 1. The Kier molecular flexibility index (Phi) is 3.13. The van der Waals surface area contributed by atoms with Gasteiger partial charge in [0.25, 0.3) is 5.91 Å². The molecule has 0 saturated carbocycles. The number of hydrogen-bond donors (Lipinski definition) is 2. The smallest absolute Gasteiger partial charge is 0.267 e. The third kappa shape index (κ3) is 2.53. The Hall–Kier alpha value is -1.82. The van der Waals surface area contributed by atoms with Crippen molar-refractivity contribution in [3.8, 4) is 0 Å². The lowest BCUT2D eigenvalue weighted by atomic mass is 10.1. The van der Waals surface area contributed by atoms with E-state index in [-0.39, 0.29) is 11.3 Å². The van der Waals surface area contributed by atoms with Crippen LogP contribution in [0.3, 0.4) is 0 Å². The average Bonchev–Trinajstić information content (AvgIpc) is 2.27. The molecule has 0 atom stereocenters. The number of carbonyl (C=O) groups excluding carboxylic acids is 1. The summed E-state index contributed by atoms with van der Waals surface area (Å²) in [6.45, 7) is 5.99. The fourth-order valence-corrected chi connectivity index (χ4v) is 2.05. The van der Waals surface area contributed by atoms with Crippen molar-refractivity contribution < 1.29 is 9.53 Å². The van der Waals surface area contributed by atoms with Crippen molar-refractivity contribution in [1.29, 1.82) is 0 Å². The van der Waals surface area contributed by atoms with Gasteiger partial charge in [-0.1, -0.05) is 0 Å². The third-order valence-electron chi connectivity index (χ3n) is 2.88. The number of amides is 1. The molecule has 2 heterocycles. The number of anilines is 2. The van der Waals surface area contributed by atoms with Gasteiger partial charge in [0.2, 0.25) is 0 Å². The molecule has 1 aliphatic heterocycles. The van der Waals surface area contributed by atoms with Gasteiger partial charge in [-0.3, -0.25) is 4.79 Å². The van der Waals surface area contributed by atoms with E-state index in [1.54, 1.807) is 6.07 Å². The molecule has 98 valence electrons. The van der Waals surface area contributed by atoms with Crippen LogP contribution in [0.15, 0.2) is 12.1 Å². The van der Waals surface area contributed by atoms with Gasteiger partial charge in [-0.2, -0.15) is 0 Å². The highest BCUT2D eigenvalue weighted by Crippen LogP contribution is 2.26. The summed E-state index contributed by atoms with van der Waals surface area (Å²) in [5, 5.41) is 0. The van der Waals surface area contributed by atoms with E-state index in [1.807, 2.05) is 18.7 Å². The van der Waals surface area contributed by atoms with Crippen molar-refractivity contribution >= 4 is 17.4 Å². The average molecular weight is 250 g/mol. The molecule has 0 unspecified atom stereocenters. The zero-order valence-corrected chi connectivity index (χ0v) is 10.6. The molecule has 1 fully saturated rings. The lowest BCUT2D eigenvalue weighted by molar-refractivity contribution is -0.0278. The molecular formula is C12H18N4O2. The number of nitrogens with two attached hydrogens (primary N) is 2. The number of nitrogens with zero attached hydrogens (tertiary/aromatic N) is 2. The molecule has 0 radical (unpaired) electrons. The predicted molar refractivity (Wildman–Crippen MR) is 69.4 cm³/mol. The van der Waals surface area contributed by atoms with Gasteiger partial charge in [-0.15, -0.1) is 0 Å². The summed E-state index contributed by atoms with van der Waals surface area (Å²) in [5.41, 5.74) is 11.7. The second-order valence-corrected chi connectivity index (χ2v) is 5.00. The van der Waals surface area contributed by atoms with Crippen molar-refractivity contribution in [3.05, 3.63) is 17.8 Å². The summed E-state index contributed by atoms with van der Waals surface area (Å²) in [6, 6.07) is 3.19. The van der Waals surface area contributed by atoms with Gasteiger partial charge in [0, 0.05) is 13.1 Å². The first-order valence-electron chi connectivity index (χ1n) is 5.84. The highest BCUT2D eigenvalue weighted by atomic mass is 16.5. The number of aromatic nitrogens is 1. The highest BCUT2D eigenvalue weighted by Gasteiger charge is 2.29. The van der Waals surface area contributed by atoms with E-state index in [0.717, 1.165) is 0 Å². The number of ether oxygens (including phenoxy) is 1. The minimum Gasteiger partial charge on any atom is -0.396 e. The Labute approximate surface area is 106 Å². The van der Waals surface area contributed by atoms with Crippen LogP contribution in [0.1, 0.15) is 24.3 Å². The number of rotatable bonds is 2. The molecular weight excluding hydrogens is 232 g/mol. The van der Waals surface area contributed by atoms with Gasteiger partial charge in [0.15, 0.2) is 5.82 Å². The lowest BCUT2D eigenvalue weighted by Gasteiger charge is -2.39. The Morgan fingerprint density at radius 1 is 1.50 bits per heavy atom. The maximum absolute atomic E-state index is 11.2. The number of pyridine rings is 1. The molecule has 0 spiro atoms. The molecule has 1 aromatic heterocycles. The molecule has 6 heteroatoms. The minimum absolute atomic E-state index is 0.225. The summed E-state index contributed by atoms with van der Waals surface area (Å²) >= 11 is 0. The van der Waals surface area contributed by atoms with E-state index >= 15 is 0 Å². The van der Waals surface area contributed by atoms with E-state index in [1.165, 1.54) is 6.07 Å². The van der Waals surface area contributed by atoms with Crippen LogP contribution in [-0.4, -0.2) is 36.2 Å². The fourth-order valence-electron chi connectivity index (χ4n) is 2.05. The predicted octanol–water partition coefficient (Wildman–Crippen LogP) is 0.378. The minimum atomic E-state index is -0.552. The first-order chi connectivity index (χ1) is 8.39. The van der Waals surface area contributed by atoms with E-state index in [4.69, 9.17) is 16.2 Å². The highest BCUT2D eigenvalue weighted by molar-refractivity contribution is 5.91. The summed E-state index contributed by atoms with van der Waals surface area (Å²) < 4.78 is 5.63. The van der Waals surface area contributed by atoms with Crippen LogP contribution in [0, 0.1) is 0 Å². The van der Waals surface area contributed by atoms with Crippen LogP contribution >= 0.6 is 0 Å². The van der Waals surface area contributed by atoms with Crippen molar-refractivity contribution in [2.45, 2.75) is 19.4 Å². The summed E-state index contributed by atoms with van der Waals surface area (Å²) in [7, 11) is 0. The Balaban J connectivity index is 2.32. The Morgan fingerprint density at radius 2 is 2.22 bits per heavy atom. The first-order valence-corrected chi connectivity index (χ1v) is 5.84. The maximum Gasteiger partial charge on any atom is 0.267 e. The van der Waals surface area contributed by atoms with Gasteiger partial charge in [0.1, 0.15) is 5.69 Å². The molecule has 0 aliphatic carbocycles. The van der Waals surface area contributed by atoms with Gasteiger partial charge >= 0.3 is 0 Å². The Morgan fingerprint density at radius 3 is 2.83 bits per heavy atom. The zero-order chi connectivity index (χ0) is 13.3. The van der Waals surface area contributed by atoms with E-state index < -0.39 is 5.91 Å². The van der Waals surface area contributed by atoms with Crippen LogP contribution in [0.2, 0.25) is 0 Å². The van der Waals surface area contributed by atoms with Crippen molar-refractivity contribution in [3.63, 3.8) is 0 Å². The molecule has 6 nitrogen and oxygen atoms in total. The fraction of sp³-hybridized carbons (Fsp3) is 0.500. The van der Waals surface area contributed by atoms with Crippen LogP contribution in [0.25, 0.3) is 0 Å². The molecule has 1 aromatic rings. The van der Waals surface area contributed by atoms with Gasteiger partial charge < -0.3 is 21.1 Å². The molecule has 1 amide bonds. The van der Waals surface area contributed by atoms with Crippen LogP contribution in [0.4, 0.5) is 11.5 Å². The molecule has 0 bridgehead atoms. The van der Waals surface area contributed by atoms with Crippen LogP contribution in [-0.2, 0) is 4.74 Å². The van der Waals surface area contributed by atoms with Crippen molar-refractivity contribution in [2.24, 2.45) is 5.73 Å². The number of hydrogen-bond acceptors (Lipinski definition) is 5. The first kappa shape index (κ1) is 12.6. The molecule has 2 rings (SSSR count). The molecule has 1 saturated heterocycles. The SMILES string of the molecule is CC1(C)CN(c2nc(C(N)=O)ccc2N)CCO1. The number of carbonyl (C=O) groups is 1. The summed E-state index contributed by atoms with van der Waals surface area (Å²) in [4.78, 5) is 17.4. The third-order valence-corrected chi connectivity index (χ3v) is 2.88. The molecule has 18 heavy (non-hydrogen) atoms. The van der Waals surface area contributed by atoms with Gasteiger partial charge in [-0.25, -0.2) is 4.98 Å². The lowest BCUT2D eigenvalue weighted by Crippen LogP contribution is -2.49. The van der Waals surface area contributed by atoms with Gasteiger partial charge in [-0.05, 0) is 26.0 Å². The van der Waals surface area contributed by atoms with Crippen molar-refractivity contribution in [2.75, 3.05) is 30.3 Å². The standard InChI is InChI=1S/C12H18N4O2/c1-12(2)7-16(5-6-18-12)11-8(13)3-4-9(15-11)10(14)17/h3-4H,5-7,13H2,1-2H3,(H2,14,17). The van der Waals surface area contributed by atoms with Crippen molar-refractivity contribution in [1.82, 2.24) is 4.98 Å².